The molecule has 114 valence electrons. The number of hydrogen-bond donors (Lipinski definition) is 2. The third kappa shape index (κ3) is 4.85. The fourth-order valence-electron chi connectivity index (χ4n) is 2.83. The molecule has 2 N–H and O–H groups in total. The largest absolute Gasteiger partial charge is 0.480 e. The summed E-state index contributed by atoms with van der Waals surface area (Å²) in [6.45, 7) is 0. The first-order valence-electron chi connectivity index (χ1n) is 7.31. The van der Waals surface area contributed by atoms with Gasteiger partial charge in [-0.05, 0) is 36.5 Å². The maximum atomic E-state index is 13.1. The number of nitrogens with one attached hydrogen (secondary N) is 1. The van der Waals surface area contributed by atoms with Crippen molar-refractivity contribution in [2.75, 3.05) is 0 Å². The van der Waals surface area contributed by atoms with E-state index >= 15 is 0 Å². The number of benzene rings is 1. The predicted octanol–water partition coefficient (Wildman–Crippen LogP) is 2.52. The zero-order valence-corrected chi connectivity index (χ0v) is 11.8. The third-order valence-corrected chi connectivity index (χ3v) is 3.91. The second kappa shape index (κ2) is 7.20. The Morgan fingerprint density at radius 1 is 1.33 bits per heavy atom. The zero-order valence-electron chi connectivity index (χ0n) is 11.8. The van der Waals surface area contributed by atoms with E-state index in [4.69, 9.17) is 0 Å². The summed E-state index contributed by atoms with van der Waals surface area (Å²) in [7, 11) is 0. The van der Waals surface area contributed by atoms with Crippen LogP contribution in [0.15, 0.2) is 24.3 Å². The number of halogens is 1. The van der Waals surface area contributed by atoms with Crippen LogP contribution in [0.4, 0.5) is 4.39 Å². The van der Waals surface area contributed by atoms with Gasteiger partial charge in [0.2, 0.25) is 5.91 Å². The molecule has 0 aromatic heterocycles. The maximum Gasteiger partial charge on any atom is 0.326 e. The first-order chi connectivity index (χ1) is 10.0. The molecular weight excluding hydrogens is 273 g/mol. The average Bonchev–Trinajstić information content (AvgIpc) is 2.90. The molecule has 0 aliphatic heterocycles. The lowest BCUT2D eigenvalue weighted by Gasteiger charge is -2.16. The SMILES string of the molecule is O=C(CC1CCCC1)N[C@H](Cc1cccc(F)c1)C(=O)O. The van der Waals surface area contributed by atoms with E-state index in [1.807, 2.05) is 0 Å². The molecule has 1 fully saturated rings. The molecule has 4 nitrogen and oxygen atoms in total. The molecule has 0 saturated heterocycles. The van der Waals surface area contributed by atoms with Crippen molar-refractivity contribution in [1.82, 2.24) is 5.32 Å². The van der Waals surface area contributed by atoms with E-state index in [0.717, 1.165) is 25.7 Å². The van der Waals surface area contributed by atoms with Crippen molar-refractivity contribution in [1.29, 1.82) is 0 Å². The highest BCUT2D eigenvalue weighted by Gasteiger charge is 2.23. The lowest BCUT2D eigenvalue weighted by atomic mass is 10.0. The molecular formula is C16H20FNO3. The van der Waals surface area contributed by atoms with Gasteiger partial charge in [-0.15, -0.1) is 0 Å². The summed E-state index contributed by atoms with van der Waals surface area (Å²) in [6, 6.07) is 4.77. The number of rotatable bonds is 6. The molecule has 2 rings (SSSR count). The molecule has 0 spiro atoms. The third-order valence-electron chi connectivity index (χ3n) is 3.91. The molecule has 0 radical (unpaired) electrons. The molecule has 1 aromatic rings. The minimum absolute atomic E-state index is 0.0868. The van der Waals surface area contributed by atoms with Gasteiger partial charge in [-0.25, -0.2) is 9.18 Å². The normalized spacial score (nSPS) is 16.6. The van der Waals surface area contributed by atoms with Crippen LogP contribution in [0.3, 0.4) is 0 Å². The van der Waals surface area contributed by atoms with Crippen LogP contribution >= 0.6 is 0 Å². The summed E-state index contributed by atoms with van der Waals surface area (Å²) in [5, 5.41) is 11.8. The molecule has 1 saturated carbocycles. The predicted molar refractivity (Wildman–Crippen MR) is 76.2 cm³/mol. The maximum absolute atomic E-state index is 13.1. The van der Waals surface area contributed by atoms with Crippen molar-refractivity contribution >= 4 is 11.9 Å². The molecule has 5 heteroatoms. The first-order valence-corrected chi connectivity index (χ1v) is 7.31. The van der Waals surface area contributed by atoms with Gasteiger partial charge in [0.05, 0.1) is 0 Å². The van der Waals surface area contributed by atoms with Gasteiger partial charge in [0.25, 0.3) is 0 Å². The quantitative estimate of drug-likeness (QED) is 0.847. The van der Waals surface area contributed by atoms with Gasteiger partial charge < -0.3 is 10.4 Å². The van der Waals surface area contributed by atoms with Gasteiger partial charge in [0.15, 0.2) is 0 Å². The van der Waals surface area contributed by atoms with Crippen molar-refractivity contribution in [3.05, 3.63) is 35.6 Å². The summed E-state index contributed by atoms with van der Waals surface area (Å²) < 4.78 is 13.1. The smallest absolute Gasteiger partial charge is 0.326 e. The lowest BCUT2D eigenvalue weighted by molar-refractivity contribution is -0.141. The molecule has 1 amide bonds. The molecule has 1 aliphatic carbocycles. The highest BCUT2D eigenvalue weighted by atomic mass is 19.1. The summed E-state index contributed by atoms with van der Waals surface area (Å²) in [4.78, 5) is 23.2. The van der Waals surface area contributed by atoms with E-state index in [-0.39, 0.29) is 12.3 Å². The minimum Gasteiger partial charge on any atom is -0.480 e. The van der Waals surface area contributed by atoms with Crippen LogP contribution in [0.25, 0.3) is 0 Å². The van der Waals surface area contributed by atoms with Crippen LogP contribution in [0.2, 0.25) is 0 Å². The van der Waals surface area contributed by atoms with Gasteiger partial charge in [0.1, 0.15) is 11.9 Å². The van der Waals surface area contributed by atoms with E-state index in [1.165, 1.54) is 18.2 Å². The summed E-state index contributed by atoms with van der Waals surface area (Å²) in [5.74, 6) is -1.37. The summed E-state index contributed by atoms with van der Waals surface area (Å²) in [5.41, 5.74) is 0.559. The molecule has 0 bridgehead atoms. The van der Waals surface area contributed by atoms with Gasteiger partial charge >= 0.3 is 5.97 Å². The van der Waals surface area contributed by atoms with Gasteiger partial charge in [-0.2, -0.15) is 0 Å². The fourth-order valence-corrected chi connectivity index (χ4v) is 2.83. The fraction of sp³-hybridized carbons (Fsp3) is 0.500. The monoisotopic (exact) mass is 293 g/mol. The van der Waals surface area contributed by atoms with Crippen LogP contribution in [-0.2, 0) is 16.0 Å². The first kappa shape index (κ1) is 15.5. The highest BCUT2D eigenvalue weighted by molar-refractivity contribution is 5.83. The molecule has 1 atom stereocenters. The number of amides is 1. The van der Waals surface area contributed by atoms with Crippen LogP contribution in [0.5, 0.6) is 0 Å². The number of carbonyl (C=O) groups is 2. The molecule has 1 aromatic carbocycles. The van der Waals surface area contributed by atoms with E-state index < -0.39 is 17.8 Å². The van der Waals surface area contributed by atoms with Gasteiger partial charge in [-0.1, -0.05) is 25.0 Å². The molecule has 21 heavy (non-hydrogen) atoms. The molecule has 1 aliphatic rings. The van der Waals surface area contributed by atoms with Crippen LogP contribution in [0.1, 0.15) is 37.7 Å². The number of carboxylic acid groups (broad SMARTS) is 1. The van der Waals surface area contributed by atoms with Crippen LogP contribution in [0, 0.1) is 11.7 Å². The second-order valence-corrected chi connectivity index (χ2v) is 5.65. The molecule has 0 heterocycles. The lowest BCUT2D eigenvalue weighted by Crippen LogP contribution is -2.42. The van der Waals surface area contributed by atoms with Crippen molar-refractivity contribution in [2.24, 2.45) is 5.92 Å². The Labute approximate surface area is 123 Å². The van der Waals surface area contributed by atoms with Gasteiger partial charge in [-0.3, -0.25) is 4.79 Å². The van der Waals surface area contributed by atoms with Crippen molar-refractivity contribution < 1.29 is 19.1 Å². The summed E-state index contributed by atoms with van der Waals surface area (Å²) in [6.07, 6.45) is 4.83. The van der Waals surface area contributed by atoms with E-state index in [9.17, 15) is 19.1 Å². The van der Waals surface area contributed by atoms with Crippen LogP contribution < -0.4 is 5.32 Å². The Hall–Kier alpha value is -1.91. The Bertz CT molecular complexity index is 512. The van der Waals surface area contributed by atoms with Crippen molar-refractivity contribution in [3.63, 3.8) is 0 Å². The second-order valence-electron chi connectivity index (χ2n) is 5.65. The summed E-state index contributed by atoms with van der Waals surface area (Å²) >= 11 is 0. The van der Waals surface area contributed by atoms with Crippen LogP contribution in [-0.4, -0.2) is 23.0 Å². The number of aliphatic carboxylic acids is 1. The molecule has 0 unspecified atom stereocenters. The van der Waals surface area contributed by atoms with E-state index in [1.54, 1.807) is 6.07 Å². The Morgan fingerprint density at radius 2 is 2.05 bits per heavy atom. The Kier molecular flexibility index (Phi) is 5.31. The Morgan fingerprint density at radius 3 is 2.67 bits per heavy atom. The minimum atomic E-state index is -1.10. The number of carbonyl (C=O) groups excluding carboxylic acids is 1. The van der Waals surface area contributed by atoms with E-state index in [0.29, 0.717) is 17.9 Å². The van der Waals surface area contributed by atoms with E-state index in [2.05, 4.69) is 5.32 Å². The number of hydrogen-bond acceptors (Lipinski definition) is 2. The van der Waals surface area contributed by atoms with Crippen molar-refractivity contribution in [2.45, 2.75) is 44.6 Å². The number of carboxylic acids is 1. The zero-order chi connectivity index (χ0) is 15.2. The van der Waals surface area contributed by atoms with Gasteiger partial charge in [0, 0.05) is 12.8 Å². The standard InChI is InChI=1S/C16H20FNO3/c17-13-7-3-6-12(8-13)9-14(16(20)21)18-15(19)10-11-4-1-2-5-11/h3,6-8,11,14H,1-2,4-5,9-10H2,(H,18,19)(H,20,21)/t14-/m1/s1. The topological polar surface area (TPSA) is 66.4 Å². The average molecular weight is 293 g/mol. The van der Waals surface area contributed by atoms with Crippen molar-refractivity contribution in [3.8, 4) is 0 Å². The highest BCUT2D eigenvalue weighted by Crippen LogP contribution is 2.27. The Balaban J connectivity index is 1.92.